The van der Waals surface area contributed by atoms with E-state index in [1.807, 2.05) is 6.92 Å². The van der Waals surface area contributed by atoms with E-state index in [0.29, 0.717) is 18.4 Å². The summed E-state index contributed by atoms with van der Waals surface area (Å²) in [6, 6.07) is 0.637. The number of rotatable bonds is 6. The highest BCUT2D eigenvalue weighted by atomic mass is 16.1. The second-order valence-electron chi connectivity index (χ2n) is 5.50. The van der Waals surface area contributed by atoms with Crippen molar-refractivity contribution in [3.63, 3.8) is 0 Å². The van der Waals surface area contributed by atoms with E-state index < -0.39 is 0 Å². The number of hydrogen-bond acceptors (Lipinski definition) is 2. The summed E-state index contributed by atoms with van der Waals surface area (Å²) < 4.78 is 0. The zero-order valence-corrected chi connectivity index (χ0v) is 11.4. The summed E-state index contributed by atoms with van der Waals surface area (Å²) in [6.45, 7) is 4.22. The number of carbonyl (C=O) groups is 1. The molecule has 1 amide bonds. The highest BCUT2D eigenvalue weighted by Gasteiger charge is 2.24. The van der Waals surface area contributed by atoms with Crippen LogP contribution in [0.1, 0.15) is 65.2 Å². The maximum Gasteiger partial charge on any atom is 0.220 e. The van der Waals surface area contributed by atoms with Gasteiger partial charge in [-0.05, 0) is 38.5 Å². The molecule has 0 radical (unpaired) electrons. The maximum absolute atomic E-state index is 11.8. The minimum absolute atomic E-state index is 0.209. The van der Waals surface area contributed by atoms with Gasteiger partial charge in [0.25, 0.3) is 0 Å². The first kappa shape index (κ1) is 14.5. The molecule has 3 nitrogen and oxygen atoms in total. The third-order valence-corrected chi connectivity index (χ3v) is 3.84. The number of carbonyl (C=O) groups excluding carboxylic acids is 1. The predicted octanol–water partition coefficient (Wildman–Crippen LogP) is 2.59. The Morgan fingerprint density at radius 3 is 2.76 bits per heavy atom. The van der Waals surface area contributed by atoms with Crippen LogP contribution in [0.4, 0.5) is 0 Å². The number of amides is 1. The largest absolute Gasteiger partial charge is 0.353 e. The van der Waals surface area contributed by atoms with Gasteiger partial charge in [-0.1, -0.05) is 26.2 Å². The van der Waals surface area contributed by atoms with Crippen LogP contribution >= 0.6 is 0 Å². The molecule has 1 aliphatic rings. The van der Waals surface area contributed by atoms with Crippen LogP contribution in [0.5, 0.6) is 0 Å². The molecule has 17 heavy (non-hydrogen) atoms. The molecule has 0 saturated heterocycles. The van der Waals surface area contributed by atoms with E-state index in [9.17, 15) is 4.79 Å². The van der Waals surface area contributed by atoms with E-state index in [-0.39, 0.29) is 11.9 Å². The van der Waals surface area contributed by atoms with Gasteiger partial charge in [0, 0.05) is 18.5 Å². The van der Waals surface area contributed by atoms with E-state index in [1.165, 1.54) is 25.7 Å². The van der Waals surface area contributed by atoms with Crippen molar-refractivity contribution in [3.8, 4) is 0 Å². The molecule has 1 rings (SSSR count). The minimum atomic E-state index is 0.209. The minimum Gasteiger partial charge on any atom is -0.353 e. The van der Waals surface area contributed by atoms with Crippen molar-refractivity contribution in [3.05, 3.63) is 0 Å². The molecule has 0 spiro atoms. The molecule has 1 saturated carbocycles. The normalized spacial score (nSPS) is 26.5. The molecular weight excluding hydrogens is 212 g/mol. The lowest BCUT2D eigenvalue weighted by Crippen LogP contribution is -2.41. The molecule has 0 aromatic carbocycles. The highest BCUT2D eigenvalue weighted by molar-refractivity contribution is 5.76. The number of nitrogens with two attached hydrogens (primary N) is 1. The SMILES string of the molecule is CCC1CCCCC1NC(=O)CCCC(C)N. The molecule has 1 fully saturated rings. The standard InChI is InChI=1S/C14H28N2O/c1-3-12-8-4-5-9-13(12)16-14(17)10-6-7-11(2)15/h11-13H,3-10,15H2,1-2H3,(H,16,17). The third kappa shape index (κ3) is 5.53. The van der Waals surface area contributed by atoms with Crippen LogP contribution in [0.25, 0.3) is 0 Å². The second kappa shape index (κ2) is 7.70. The lowest BCUT2D eigenvalue weighted by Gasteiger charge is -2.31. The molecule has 3 atom stereocenters. The van der Waals surface area contributed by atoms with Gasteiger partial charge < -0.3 is 11.1 Å². The molecule has 1 aliphatic carbocycles. The van der Waals surface area contributed by atoms with Crippen LogP contribution < -0.4 is 11.1 Å². The van der Waals surface area contributed by atoms with Crippen LogP contribution in [0.3, 0.4) is 0 Å². The van der Waals surface area contributed by atoms with Gasteiger partial charge in [-0.2, -0.15) is 0 Å². The lowest BCUT2D eigenvalue weighted by molar-refractivity contribution is -0.122. The van der Waals surface area contributed by atoms with Gasteiger partial charge in [-0.3, -0.25) is 4.79 Å². The molecule has 0 aliphatic heterocycles. The zero-order valence-electron chi connectivity index (χ0n) is 11.4. The average molecular weight is 240 g/mol. The van der Waals surface area contributed by atoms with Crippen molar-refractivity contribution in [2.75, 3.05) is 0 Å². The summed E-state index contributed by atoms with van der Waals surface area (Å²) in [5.74, 6) is 0.914. The molecule has 3 heteroatoms. The van der Waals surface area contributed by atoms with Gasteiger partial charge in [-0.25, -0.2) is 0 Å². The van der Waals surface area contributed by atoms with Crippen molar-refractivity contribution in [1.29, 1.82) is 0 Å². The van der Waals surface area contributed by atoms with Gasteiger partial charge in [-0.15, -0.1) is 0 Å². The van der Waals surface area contributed by atoms with Crippen LogP contribution in [-0.2, 0) is 4.79 Å². The van der Waals surface area contributed by atoms with Crippen molar-refractivity contribution >= 4 is 5.91 Å². The van der Waals surface area contributed by atoms with Crippen LogP contribution in [0.2, 0.25) is 0 Å². The van der Waals surface area contributed by atoms with Crippen LogP contribution in [-0.4, -0.2) is 18.0 Å². The summed E-state index contributed by atoms with van der Waals surface area (Å²) in [5, 5.41) is 3.21. The zero-order chi connectivity index (χ0) is 12.7. The van der Waals surface area contributed by atoms with E-state index >= 15 is 0 Å². The van der Waals surface area contributed by atoms with Gasteiger partial charge in [0.2, 0.25) is 5.91 Å². The van der Waals surface area contributed by atoms with Gasteiger partial charge >= 0.3 is 0 Å². The molecule has 100 valence electrons. The second-order valence-corrected chi connectivity index (χ2v) is 5.50. The fourth-order valence-corrected chi connectivity index (χ4v) is 2.75. The Bertz CT molecular complexity index is 228. The van der Waals surface area contributed by atoms with Crippen molar-refractivity contribution in [1.82, 2.24) is 5.32 Å². The van der Waals surface area contributed by atoms with Gasteiger partial charge in [0.15, 0.2) is 0 Å². The topological polar surface area (TPSA) is 55.1 Å². The molecular formula is C14H28N2O. The highest BCUT2D eigenvalue weighted by Crippen LogP contribution is 2.26. The lowest BCUT2D eigenvalue weighted by atomic mass is 9.83. The first-order valence-corrected chi connectivity index (χ1v) is 7.18. The molecule has 3 N–H and O–H groups in total. The quantitative estimate of drug-likeness (QED) is 0.750. The fourth-order valence-electron chi connectivity index (χ4n) is 2.75. The summed E-state index contributed by atoms with van der Waals surface area (Å²) in [5.41, 5.74) is 5.67. The van der Waals surface area contributed by atoms with E-state index in [0.717, 1.165) is 19.3 Å². The van der Waals surface area contributed by atoms with E-state index in [4.69, 9.17) is 5.73 Å². The Kier molecular flexibility index (Phi) is 6.56. The van der Waals surface area contributed by atoms with Crippen LogP contribution in [0, 0.1) is 5.92 Å². The predicted molar refractivity (Wildman–Crippen MR) is 71.7 cm³/mol. The smallest absolute Gasteiger partial charge is 0.220 e. The fraction of sp³-hybridized carbons (Fsp3) is 0.929. The van der Waals surface area contributed by atoms with E-state index in [2.05, 4.69) is 12.2 Å². The third-order valence-electron chi connectivity index (χ3n) is 3.84. The Morgan fingerprint density at radius 2 is 2.12 bits per heavy atom. The monoisotopic (exact) mass is 240 g/mol. The summed E-state index contributed by atoms with van der Waals surface area (Å²) >= 11 is 0. The van der Waals surface area contributed by atoms with Crippen molar-refractivity contribution in [2.24, 2.45) is 11.7 Å². The average Bonchev–Trinajstić information content (AvgIpc) is 2.29. The van der Waals surface area contributed by atoms with E-state index in [1.54, 1.807) is 0 Å². The van der Waals surface area contributed by atoms with Gasteiger partial charge in [0.05, 0.1) is 0 Å². The number of hydrogen-bond donors (Lipinski definition) is 2. The molecule has 0 aromatic heterocycles. The Morgan fingerprint density at radius 1 is 1.41 bits per heavy atom. The van der Waals surface area contributed by atoms with Crippen molar-refractivity contribution < 1.29 is 4.79 Å². The Hall–Kier alpha value is -0.570. The van der Waals surface area contributed by atoms with Gasteiger partial charge in [0.1, 0.15) is 0 Å². The molecule has 0 bridgehead atoms. The first-order valence-electron chi connectivity index (χ1n) is 7.18. The molecule has 0 aromatic rings. The Balaban J connectivity index is 2.24. The molecule has 0 heterocycles. The summed E-state index contributed by atoms with van der Waals surface area (Å²) in [6.07, 6.45) is 8.71. The summed E-state index contributed by atoms with van der Waals surface area (Å²) in [4.78, 5) is 11.8. The van der Waals surface area contributed by atoms with Crippen LogP contribution in [0.15, 0.2) is 0 Å². The Labute approximate surface area is 106 Å². The first-order chi connectivity index (χ1) is 8.13. The van der Waals surface area contributed by atoms with Crippen molar-refractivity contribution in [2.45, 2.75) is 77.3 Å². The summed E-state index contributed by atoms with van der Waals surface area (Å²) in [7, 11) is 0. The number of nitrogens with one attached hydrogen (secondary N) is 1. The molecule has 3 unspecified atom stereocenters. The maximum atomic E-state index is 11.8.